The molecule has 2 aromatic carbocycles. The first-order chi connectivity index (χ1) is 10.7. The minimum atomic E-state index is -2.27. The molecule has 0 aliphatic heterocycles. The van der Waals surface area contributed by atoms with E-state index in [1.165, 1.54) is 17.3 Å². The van der Waals surface area contributed by atoms with Crippen LogP contribution in [0.2, 0.25) is 12.1 Å². The Bertz CT molecular complexity index is 547. The van der Waals surface area contributed by atoms with Crippen LogP contribution in [0.1, 0.15) is 6.92 Å². The van der Waals surface area contributed by atoms with Gasteiger partial charge in [0.05, 0.1) is 13.3 Å². The van der Waals surface area contributed by atoms with Gasteiger partial charge in [0.2, 0.25) is 0 Å². The molecule has 0 aliphatic rings. The number of alkyl halides is 1. The maximum Gasteiger partial charge on any atom is 0.302 e. The van der Waals surface area contributed by atoms with Gasteiger partial charge in [-0.05, 0) is 12.1 Å². The zero-order valence-electron chi connectivity index (χ0n) is 12.8. The average Bonchev–Trinajstić information content (AvgIpc) is 2.55. The van der Waals surface area contributed by atoms with Crippen molar-refractivity contribution >= 4 is 24.4 Å². The molecule has 0 bridgehead atoms. The lowest BCUT2D eigenvalue weighted by Gasteiger charge is -2.32. The summed E-state index contributed by atoms with van der Waals surface area (Å²) in [6, 6.07) is 21.4. The Morgan fingerprint density at radius 1 is 0.955 bits per heavy atom. The molecule has 116 valence electrons. The first-order valence-electron chi connectivity index (χ1n) is 7.49. The number of esters is 1. The lowest BCUT2D eigenvalue weighted by Crippen LogP contribution is -2.59. The van der Waals surface area contributed by atoms with Gasteiger partial charge in [0.1, 0.15) is 8.07 Å². The van der Waals surface area contributed by atoms with Crippen molar-refractivity contribution in [2.75, 3.05) is 13.3 Å². The van der Waals surface area contributed by atoms with E-state index in [9.17, 15) is 9.18 Å². The van der Waals surface area contributed by atoms with Crippen LogP contribution in [0.25, 0.3) is 0 Å². The zero-order chi connectivity index (χ0) is 15.8. The fourth-order valence-corrected chi connectivity index (χ4v) is 7.09. The molecule has 0 unspecified atom stereocenters. The molecule has 4 heteroatoms. The van der Waals surface area contributed by atoms with Crippen LogP contribution >= 0.6 is 0 Å². The molecule has 0 amide bonds. The van der Waals surface area contributed by atoms with Gasteiger partial charge in [-0.15, -0.1) is 0 Å². The average molecular weight is 316 g/mol. The van der Waals surface area contributed by atoms with Crippen LogP contribution in [0.3, 0.4) is 0 Å². The lowest BCUT2D eigenvalue weighted by molar-refractivity contribution is -0.140. The number of halogens is 1. The molecular formula is C18H21FO2Si. The lowest BCUT2D eigenvalue weighted by atomic mass is 10.4. The second kappa shape index (κ2) is 7.89. The van der Waals surface area contributed by atoms with E-state index in [-0.39, 0.29) is 12.6 Å². The molecule has 2 aromatic rings. The van der Waals surface area contributed by atoms with E-state index in [1.54, 1.807) is 0 Å². The second-order valence-electron chi connectivity index (χ2n) is 5.34. The van der Waals surface area contributed by atoms with E-state index in [0.29, 0.717) is 18.7 Å². The predicted octanol–water partition coefficient (Wildman–Crippen LogP) is 2.78. The Balaban J connectivity index is 2.42. The molecule has 0 radical (unpaired) electrons. The molecule has 0 atom stereocenters. The summed E-state index contributed by atoms with van der Waals surface area (Å²) in [7, 11) is -2.27. The largest absolute Gasteiger partial charge is 0.466 e. The molecule has 0 aliphatic carbocycles. The third-order valence-electron chi connectivity index (χ3n) is 4.01. The number of carbonyl (C=O) groups is 1. The maximum absolute atomic E-state index is 13.4. The van der Waals surface area contributed by atoms with Crippen LogP contribution in [-0.2, 0) is 9.53 Å². The number of rotatable bonds is 7. The Morgan fingerprint density at radius 3 is 1.86 bits per heavy atom. The Kier molecular flexibility index (Phi) is 5.89. The van der Waals surface area contributed by atoms with Gasteiger partial charge in [0.25, 0.3) is 0 Å². The summed E-state index contributed by atoms with van der Waals surface area (Å²) in [5.41, 5.74) is 0. The smallest absolute Gasteiger partial charge is 0.302 e. The van der Waals surface area contributed by atoms with E-state index in [2.05, 4.69) is 24.3 Å². The van der Waals surface area contributed by atoms with Gasteiger partial charge in [-0.25, -0.2) is 0 Å². The number of hydrogen-bond donors (Lipinski definition) is 0. The van der Waals surface area contributed by atoms with Crippen molar-refractivity contribution in [1.82, 2.24) is 0 Å². The summed E-state index contributed by atoms with van der Waals surface area (Å²) in [4.78, 5) is 11.1. The van der Waals surface area contributed by atoms with Crippen LogP contribution < -0.4 is 10.4 Å². The molecule has 0 saturated carbocycles. The van der Waals surface area contributed by atoms with Crippen molar-refractivity contribution in [1.29, 1.82) is 0 Å². The van der Waals surface area contributed by atoms with Crippen molar-refractivity contribution in [2.24, 2.45) is 0 Å². The highest BCUT2D eigenvalue weighted by atomic mass is 28.3. The fourth-order valence-electron chi connectivity index (χ4n) is 2.91. The molecule has 0 spiro atoms. The number of hydrogen-bond acceptors (Lipinski definition) is 2. The first-order valence-corrected chi connectivity index (χ1v) is 9.91. The normalized spacial score (nSPS) is 11.2. The monoisotopic (exact) mass is 316 g/mol. The molecule has 0 saturated heterocycles. The number of benzene rings is 2. The van der Waals surface area contributed by atoms with Gasteiger partial charge in [0.15, 0.2) is 0 Å². The quantitative estimate of drug-likeness (QED) is 0.580. The van der Waals surface area contributed by atoms with Crippen molar-refractivity contribution < 1.29 is 13.9 Å². The van der Waals surface area contributed by atoms with Gasteiger partial charge in [-0.1, -0.05) is 71.0 Å². The summed E-state index contributed by atoms with van der Waals surface area (Å²) in [6.45, 7) is 1.38. The highest BCUT2D eigenvalue weighted by molar-refractivity contribution is 7.02. The summed E-state index contributed by atoms with van der Waals surface area (Å²) >= 11 is 0. The Morgan fingerprint density at radius 2 is 1.45 bits per heavy atom. The van der Waals surface area contributed by atoms with Crippen molar-refractivity contribution in [3.8, 4) is 0 Å². The van der Waals surface area contributed by atoms with Crippen molar-refractivity contribution in [3.63, 3.8) is 0 Å². The molecule has 0 heterocycles. The molecule has 0 aromatic heterocycles. The van der Waals surface area contributed by atoms with E-state index in [1.807, 2.05) is 36.4 Å². The Labute approximate surface area is 131 Å². The topological polar surface area (TPSA) is 26.3 Å². The van der Waals surface area contributed by atoms with Crippen LogP contribution in [0.15, 0.2) is 60.7 Å². The fraction of sp³-hybridized carbons (Fsp3) is 0.278. The predicted molar refractivity (Wildman–Crippen MR) is 90.1 cm³/mol. The van der Waals surface area contributed by atoms with E-state index in [4.69, 9.17) is 4.74 Å². The van der Waals surface area contributed by atoms with Gasteiger partial charge in [-0.2, -0.15) is 0 Å². The second-order valence-corrected chi connectivity index (χ2v) is 9.66. The van der Waals surface area contributed by atoms with Gasteiger partial charge in [0, 0.05) is 6.92 Å². The highest BCUT2D eigenvalue weighted by Crippen LogP contribution is 2.17. The summed E-state index contributed by atoms with van der Waals surface area (Å²) in [5, 5.41) is 2.37. The maximum atomic E-state index is 13.4. The van der Waals surface area contributed by atoms with Crippen LogP contribution in [0, 0.1) is 0 Å². The minimum Gasteiger partial charge on any atom is -0.466 e. The Hall–Kier alpha value is -1.94. The van der Waals surface area contributed by atoms with Gasteiger partial charge in [-0.3, -0.25) is 9.18 Å². The SMILES string of the molecule is CC(=O)OCC[Si](CCF)(c1ccccc1)c1ccccc1. The molecule has 22 heavy (non-hydrogen) atoms. The minimum absolute atomic E-state index is 0.288. The third-order valence-corrected chi connectivity index (χ3v) is 8.99. The first kappa shape index (κ1) is 16.4. The molecule has 2 rings (SSSR count). The summed E-state index contributed by atoms with van der Waals surface area (Å²) in [5.74, 6) is -0.288. The number of ether oxygens (including phenoxy) is 1. The van der Waals surface area contributed by atoms with Crippen LogP contribution in [-0.4, -0.2) is 27.3 Å². The summed E-state index contributed by atoms with van der Waals surface area (Å²) < 4.78 is 18.5. The van der Waals surface area contributed by atoms with Crippen LogP contribution in [0.5, 0.6) is 0 Å². The molecule has 0 N–H and O–H groups in total. The van der Waals surface area contributed by atoms with Crippen molar-refractivity contribution in [2.45, 2.75) is 19.0 Å². The van der Waals surface area contributed by atoms with Crippen LogP contribution in [0.4, 0.5) is 4.39 Å². The van der Waals surface area contributed by atoms with E-state index < -0.39 is 8.07 Å². The highest BCUT2D eigenvalue weighted by Gasteiger charge is 2.36. The molecule has 0 fully saturated rings. The molecular weight excluding hydrogens is 295 g/mol. The molecule has 2 nitrogen and oxygen atoms in total. The third kappa shape index (κ3) is 3.83. The summed E-state index contributed by atoms with van der Waals surface area (Å²) in [6.07, 6.45) is 0. The van der Waals surface area contributed by atoms with Gasteiger partial charge >= 0.3 is 5.97 Å². The standard InChI is InChI=1S/C18H21FO2Si/c1-16(20)21-13-15-22(14-12-19,17-8-4-2-5-9-17)18-10-6-3-7-11-18/h2-11H,12-15H2,1H3. The van der Waals surface area contributed by atoms with Crippen molar-refractivity contribution in [3.05, 3.63) is 60.7 Å². The van der Waals surface area contributed by atoms with E-state index >= 15 is 0 Å². The van der Waals surface area contributed by atoms with Gasteiger partial charge < -0.3 is 4.74 Å². The number of carbonyl (C=O) groups excluding carboxylic acids is 1. The zero-order valence-corrected chi connectivity index (χ0v) is 13.8. The van der Waals surface area contributed by atoms with E-state index in [0.717, 1.165) is 0 Å².